The van der Waals surface area contributed by atoms with Gasteiger partial charge in [0.1, 0.15) is 11.6 Å². The highest BCUT2D eigenvalue weighted by Gasteiger charge is 2.75. The molecule has 2 saturated heterocycles. The van der Waals surface area contributed by atoms with E-state index in [4.69, 9.17) is 4.74 Å². The normalized spacial score (nSPS) is 30.4. The molecule has 226 valence electrons. The fourth-order valence-corrected chi connectivity index (χ4v) is 7.85. The molecule has 1 N–H and O–H groups in total. The number of carbonyl (C=O) groups is 3. The van der Waals surface area contributed by atoms with E-state index in [1.165, 1.54) is 4.90 Å². The minimum atomic E-state index is -1.40. The number of aliphatic hydroxyl groups is 1. The molecule has 7 rings (SSSR count). The number of likely N-dealkylation sites (tertiary alicyclic amines) is 1. The lowest BCUT2D eigenvalue weighted by molar-refractivity contribution is -0.149. The van der Waals surface area contributed by atoms with Crippen LogP contribution in [0.3, 0.4) is 0 Å². The minimum absolute atomic E-state index is 0.147. The Morgan fingerprint density at radius 1 is 0.795 bits per heavy atom. The van der Waals surface area contributed by atoms with Crippen molar-refractivity contribution in [2.45, 2.75) is 44.1 Å². The summed E-state index contributed by atoms with van der Waals surface area (Å²) in [6.45, 7) is 6.00. The number of anilines is 2. The molecule has 4 heterocycles. The second-order valence-corrected chi connectivity index (χ2v) is 12.8. The van der Waals surface area contributed by atoms with Gasteiger partial charge in [0.25, 0.3) is 5.91 Å². The zero-order valence-corrected chi connectivity index (χ0v) is 25.2. The van der Waals surface area contributed by atoms with E-state index in [1.54, 1.807) is 9.80 Å². The number of carbonyl (C=O) groups excluding carboxylic acids is 3. The highest BCUT2D eigenvalue weighted by Crippen LogP contribution is 2.58. The standard InChI is InChI=1S/C36H37N3O5/c1-23(2)28(22-40)39-31-34(43)38(27-16-15-24-11-7-8-12-25(24)21-27)20-10-18-36(31)30(33(39)42)29-32(41)37(26-13-5-4-6-14-26)19-9-17-35(29,3)44-36/h4-18,21,23,28-31,40H,19-20,22H2,1-3H3/t28-,29-,30-,31?,35+,36-/m0/s1. The first-order chi connectivity index (χ1) is 21.2. The Labute approximate surface area is 257 Å². The lowest BCUT2D eigenvalue weighted by Crippen LogP contribution is -2.59. The first kappa shape index (κ1) is 28.5. The second kappa shape index (κ2) is 10.4. The van der Waals surface area contributed by atoms with Gasteiger partial charge in [0.05, 0.1) is 30.1 Å². The van der Waals surface area contributed by atoms with E-state index < -0.39 is 35.1 Å². The average Bonchev–Trinajstić information content (AvgIpc) is 3.28. The molecule has 3 amide bonds. The van der Waals surface area contributed by atoms with Crippen molar-refractivity contribution in [2.24, 2.45) is 17.8 Å². The summed E-state index contributed by atoms with van der Waals surface area (Å²) in [5.41, 5.74) is -1.08. The monoisotopic (exact) mass is 591 g/mol. The Morgan fingerprint density at radius 3 is 2.16 bits per heavy atom. The predicted molar refractivity (Wildman–Crippen MR) is 169 cm³/mol. The molecular weight excluding hydrogens is 554 g/mol. The molecule has 8 nitrogen and oxygen atoms in total. The Bertz CT molecular complexity index is 1700. The first-order valence-electron chi connectivity index (χ1n) is 15.4. The van der Waals surface area contributed by atoms with Crippen LogP contribution in [0.2, 0.25) is 0 Å². The summed E-state index contributed by atoms with van der Waals surface area (Å²) in [4.78, 5) is 49.1. The van der Waals surface area contributed by atoms with E-state index in [1.807, 2.05) is 118 Å². The number of rotatable bonds is 5. The number of amides is 3. The number of hydrogen-bond donors (Lipinski definition) is 1. The zero-order valence-electron chi connectivity index (χ0n) is 25.2. The maximum absolute atomic E-state index is 14.9. The van der Waals surface area contributed by atoms with Gasteiger partial charge in [-0.25, -0.2) is 0 Å². The molecule has 6 atom stereocenters. The van der Waals surface area contributed by atoms with E-state index in [2.05, 4.69) is 0 Å². The van der Waals surface area contributed by atoms with Crippen LogP contribution in [0.1, 0.15) is 20.8 Å². The molecule has 2 fully saturated rings. The predicted octanol–water partition coefficient (Wildman–Crippen LogP) is 4.33. The third-order valence-electron chi connectivity index (χ3n) is 9.92. The number of fused-ring (bicyclic) bond motifs is 3. The Balaban J connectivity index is 1.37. The lowest BCUT2D eigenvalue weighted by atomic mass is 9.74. The van der Waals surface area contributed by atoms with Crippen molar-refractivity contribution in [2.75, 3.05) is 29.5 Å². The van der Waals surface area contributed by atoms with Gasteiger partial charge in [0, 0.05) is 24.5 Å². The Kier molecular flexibility index (Phi) is 6.75. The van der Waals surface area contributed by atoms with Crippen LogP contribution in [0.15, 0.2) is 97.1 Å². The average molecular weight is 592 g/mol. The molecule has 4 aliphatic heterocycles. The van der Waals surface area contributed by atoms with Gasteiger partial charge in [-0.3, -0.25) is 14.4 Å². The second-order valence-electron chi connectivity index (χ2n) is 12.8. The SMILES string of the molecule is CC(C)[C@H](CO)N1C(=O)[C@@H]2[C@H]3C(=O)N(c4ccccc4)CC=C[C@@]3(C)O[C@@]23C=CCN(c2ccc4ccccc4c2)C(=O)C13. The molecule has 8 heteroatoms. The number of nitrogens with zero attached hydrogens (tertiary/aromatic N) is 3. The molecule has 3 aromatic rings. The topological polar surface area (TPSA) is 90.4 Å². The summed E-state index contributed by atoms with van der Waals surface area (Å²) >= 11 is 0. The van der Waals surface area contributed by atoms with Gasteiger partial charge in [0.15, 0.2) is 0 Å². The van der Waals surface area contributed by atoms with Crippen LogP contribution in [0.5, 0.6) is 0 Å². The molecule has 0 saturated carbocycles. The van der Waals surface area contributed by atoms with Crippen LogP contribution in [0, 0.1) is 17.8 Å². The summed E-state index contributed by atoms with van der Waals surface area (Å²) < 4.78 is 6.97. The first-order valence-corrected chi connectivity index (χ1v) is 15.4. The number of ether oxygens (including phenoxy) is 1. The highest BCUT2D eigenvalue weighted by molar-refractivity contribution is 6.08. The summed E-state index contributed by atoms with van der Waals surface area (Å²) in [5, 5.41) is 12.6. The lowest BCUT2D eigenvalue weighted by Gasteiger charge is -2.41. The van der Waals surface area contributed by atoms with Crippen LogP contribution in [-0.4, -0.2) is 70.7 Å². The van der Waals surface area contributed by atoms with Gasteiger partial charge in [-0.15, -0.1) is 0 Å². The van der Waals surface area contributed by atoms with E-state index in [0.29, 0.717) is 12.2 Å². The van der Waals surface area contributed by atoms with Crippen molar-refractivity contribution in [1.29, 1.82) is 0 Å². The molecule has 0 bridgehead atoms. The van der Waals surface area contributed by atoms with E-state index >= 15 is 0 Å². The van der Waals surface area contributed by atoms with Gasteiger partial charge in [-0.05, 0) is 47.9 Å². The Morgan fingerprint density at radius 2 is 1.45 bits per heavy atom. The van der Waals surface area contributed by atoms with Gasteiger partial charge >= 0.3 is 0 Å². The molecule has 1 spiro atoms. The summed E-state index contributed by atoms with van der Waals surface area (Å²) in [6.07, 6.45) is 7.53. The smallest absolute Gasteiger partial charge is 0.253 e. The van der Waals surface area contributed by atoms with Crippen LogP contribution < -0.4 is 9.80 Å². The molecule has 44 heavy (non-hydrogen) atoms. The molecule has 4 aliphatic rings. The fraction of sp³-hybridized carbons (Fsp3) is 0.361. The minimum Gasteiger partial charge on any atom is -0.394 e. The van der Waals surface area contributed by atoms with Crippen LogP contribution >= 0.6 is 0 Å². The number of para-hydroxylation sites is 1. The molecule has 0 radical (unpaired) electrons. The van der Waals surface area contributed by atoms with E-state index in [9.17, 15) is 19.5 Å². The Hall–Kier alpha value is -4.27. The van der Waals surface area contributed by atoms with Crippen LogP contribution in [-0.2, 0) is 19.1 Å². The maximum Gasteiger partial charge on any atom is 0.253 e. The van der Waals surface area contributed by atoms with Crippen molar-refractivity contribution in [3.8, 4) is 0 Å². The summed E-state index contributed by atoms with van der Waals surface area (Å²) in [5.74, 6) is -2.84. The maximum atomic E-state index is 14.9. The van der Waals surface area contributed by atoms with Gasteiger partial charge in [0.2, 0.25) is 11.8 Å². The largest absolute Gasteiger partial charge is 0.394 e. The summed E-state index contributed by atoms with van der Waals surface area (Å²) in [6, 6.07) is 21.6. The van der Waals surface area contributed by atoms with Crippen molar-refractivity contribution in [3.05, 3.63) is 97.1 Å². The van der Waals surface area contributed by atoms with Gasteiger partial charge in [-0.1, -0.05) is 86.7 Å². The molecule has 0 aliphatic carbocycles. The number of benzene rings is 3. The highest BCUT2D eigenvalue weighted by atomic mass is 16.5. The van der Waals surface area contributed by atoms with Crippen molar-refractivity contribution in [1.82, 2.24) is 4.90 Å². The molecule has 3 aromatic carbocycles. The molecule has 1 unspecified atom stereocenters. The van der Waals surface area contributed by atoms with Crippen molar-refractivity contribution in [3.63, 3.8) is 0 Å². The fourth-order valence-electron chi connectivity index (χ4n) is 7.85. The van der Waals surface area contributed by atoms with Gasteiger partial charge < -0.3 is 24.5 Å². The molecular formula is C36H37N3O5. The van der Waals surface area contributed by atoms with Crippen molar-refractivity contribution >= 4 is 39.9 Å². The van der Waals surface area contributed by atoms with E-state index in [-0.39, 0.29) is 36.8 Å². The van der Waals surface area contributed by atoms with Crippen LogP contribution in [0.4, 0.5) is 11.4 Å². The third-order valence-corrected chi connectivity index (χ3v) is 9.92. The zero-order chi connectivity index (χ0) is 30.8. The van der Waals surface area contributed by atoms with Crippen LogP contribution in [0.25, 0.3) is 10.8 Å². The quantitative estimate of drug-likeness (QED) is 0.446. The number of aliphatic hydroxyl groups excluding tert-OH is 1. The van der Waals surface area contributed by atoms with E-state index in [0.717, 1.165) is 16.5 Å². The number of hydrogen-bond acceptors (Lipinski definition) is 5. The van der Waals surface area contributed by atoms with Crippen molar-refractivity contribution < 1.29 is 24.2 Å². The third kappa shape index (κ3) is 4.08. The van der Waals surface area contributed by atoms with Gasteiger partial charge in [-0.2, -0.15) is 0 Å². The summed E-state index contributed by atoms with van der Waals surface area (Å²) in [7, 11) is 0. The molecule has 0 aromatic heterocycles.